The zero-order valence-electron chi connectivity index (χ0n) is 24.3. The maximum absolute atomic E-state index is 12.9. The molecule has 2 aromatic carbocycles. The number of aryl methyl sites for hydroxylation is 1. The number of hydrogen-bond donors (Lipinski definition) is 1. The van der Waals surface area contributed by atoms with E-state index in [4.69, 9.17) is 11.6 Å². The number of ketones is 1. The molecule has 2 aliphatic heterocycles. The predicted molar refractivity (Wildman–Crippen MR) is 167 cm³/mol. The number of carbonyl (C=O) groups excluding carboxylic acids is 3. The minimum Gasteiger partial charge on any atom is -0.388 e. The first-order chi connectivity index (χ1) is 20.7. The van der Waals surface area contributed by atoms with E-state index >= 15 is 0 Å². The quantitative estimate of drug-likeness (QED) is 0.204. The van der Waals surface area contributed by atoms with Crippen LogP contribution in [0.15, 0.2) is 60.2 Å². The SMILES string of the molecule is C=CC(=O)N1CCCc2cc(C(=O)CCCCCC(=O)N3CCC(O)(Cn4cnc5cc(Cl)ccc5c4=O)CC3)ccc21. The number of halogens is 1. The molecule has 0 aliphatic carbocycles. The minimum atomic E-state index is -1.10. The zero-order chi connectivity index (χ0) is 30.6. The Morgan fingerprint density at radius 1 is 1.02 bits per heavy atom. The number of piperidine rings is 1. The second-order valence-corrected chi connectivity index (χ2v) is 12.0. The van der Waals surface area contributed by atoms with E-state index < -0.39 is 5.60 Å². The van der Waals surface area contributed by atoms with E-state index in [1.165, 1.54) is 17.0 Å². The number of rotatable bonds is 10. The molecular formula is C33H37ClN4O5. The summed E-state index contributed by atoms with van der Waals surface area (Å²) < 4.78 is 1.43. The van der Waals surface area contributed by atoms with Gasteiger partial charge in [-0.3, -0.25) is 23.7 Å². The van der Waals surface area contributed by atoms with Crippen LogP contribution in [-0.2, 0) is 22.6 Å². The Morgan fingerprint density at radius 2 is 1.79 bits per heavy atom. The fraction of sp³-hybridized carbons (Fsp3) is 0.424. The Morgan fingerprint density at radius 3 is 2.56 bits per heavy atom. The zero-order valence-corrected chi connectivity index (χ0v) is 25.0. The summed E-state index contributed by atoms with van der Waals surface area (Å²) in [6.45, 7) is 5.20. The van der Waals surface area contributed by atoms with Crippen molar-refractivity contribution in [3.05, 3.63) is 81.9 Å². The lowest BCUT2D eigenvalue weighted by molar-refractivity contribution is -0.136. The Bertz CT molecular complexity index is 1610. The summed E-state index contributed by atoms with van der Waals surface area (Å²) in [6, 6.07) is 10.5. The molecule has 1 saturated heterocycles. The molecule has 1 fully saturated rings. The van der Waals surface area contributed by atoms with E-state index in [1.807, 2.05) is 12.1 Å². The van der Waals surface area contributed by atoms with Crippen LogP contribution in [0.1, 0.15) is 67.3 Å². The summed E-state index contributed by atoms with van der Waals surface area (Å²) in [5, 5.41) is 12.1. The van der Waals surface area contributed by atoms with E-state index in [2.05, 4.69) is 11.6 Å². The Kier molecular flexibility index (Phi) is 9.42. The number of Topliss-reactive ketones (excluding diaryl/α,β-unsaturated/α-hetero) is 1. The molecule has 1 N–H and O–H groups in total. The number of carbonyl (C=O) groups is 3. The first kappa shape index (κ1) is 30.6. The van der Waals surface area contributed by atoms with Crippen LogP contribution in [0.3, 0.4) is 0 Å². The van der Waals surface area contributed by atoms with Crippen LogP contribution in [0.5, 0.6) is 0 Å². The van der Waals surface area contributed by atoms with Gasteiger partial charge in [0.1, 0.15) is 0 Å². The third kappa shape index (κ3) is 7.05. The highest BCUT2D eigenvalue weighted by molar-refractivity contribution is 6.31. The fourth-order valence-corrected chi connectivity index (χ4v) is 6.21. The highest BCUT2D eigenvalue weighted by atomic mass is 35.5. The van der Waals surface area contributed by atoms with Crippen molar-refractivity contribution >= 4 is 45.8 Å². The molecule has 2 amide bonds. The molecule has 1 aromatic heterocycles. The molecule has 0 atom stereocenters. The molecule has 5 rings (SSSR count). The van der Waals surface area contributed by atoms with Crippen molar-refractivity contribution in [1.29, 1.82) is 0 Å². The van der Waals surface area contributed by atoms with Gasteiger partial charge in [-0.15, -0.1) is 0 Å². The predicted octanol–water partition coefficient (Wildman–Crippen LogP) is 4.70. The molecule has 0 bridgehead atoms. The van der Waals surface area contributed by atoms with Crippen LogP contribution in [0.25, 0.3) is 10.9 Å². The number of benzene rings is 2. The fourth-order valence-electron chi connectivity index (χ4n) is 6.04. The maximum atomic E-state index is 12.9. The number of nitrogens with zero attached hydrogens (tertiary/aromatic N) is 4. The molecule has 0 spiro atoms. The Balaban J connectivity index is 1.04. The Hall–Kier alpha value is -3.82. The average molecular weight is 605 g/mol. The Labute approximate surface area is 255 Å². The number of unbranched alkanes of at least 4 members (excludes halogenated alkanes) is 2. The van der Waals surface area contributed by atoms with Gasteiger partial charge in [-0.05, 0) is 86.6 Å². The molecular weight excluding hydrogens is 568 g/mol. The van der Waals surface area contributed by atoms with Gasteiger partial charge in [-0.2, -0.15) is 0 Å². The molecule has 0 unspecified atom stereocenters. The average Bonchev–Trinajstić information content (AvgIpc) is 3.01. The summed E-state index contributed by atoms with van der Waals surface area (Å²) in [4.78, 5) is 58.5. The van der Waals surface area contributed by atoms with Gasteiger partial charge in [0.25, 0.3) is 5.56 Å². The first-order valence-electron chi connectivity index (χ1n) is 14.9. The molecule has 2 aliphatic rings. The molecule has 43 heavy (non-hydrogen) atoms. The van der Waals surface area contributed by atoms with Gasteiger partial charge in [0.05, 0.1) is 29.4 Å². The van der Waals surface area contributed by atoms with E-state index in [-0.39, 0.29) is 29.7 Å². The maximum Gasteiger partial charge on any atom is 0.261 e. The smallest absolute Gasteiger partial charge is 0.261 e. The van der Waals surface area contributed by atoms with Gasteiger partial charge in [-0.1, -0.05) is 24.6 Å². The van der Waals surface area contributed by atoms with Crippen LogP contribution < -0.4 is 10.5 Å². The highest BCUT2D eigenvalue weighted by Gasteiger charge is 2.34. The lowest BCUT2D eigenvalue weighted by Crippen LogP contribution is -2.49. The number of anilines is 1. The molecule has 0 radical (unpaired) electrons. The van der Waals surface area contributed by atoms with Gasteiger partial charge in [0, 0.05) is 48.7 Å². The molecule has 226 valence electrons. The van der Waals surface area contributed by atoms with E-state index in [0.29, 0.717) is 79.6 Å². The summed E-state index contributed by atoms with van der Waals surface area (Å²) >= 11 is 6.00. The standard InChI is InChI=1S/C33H37ClN4O5/c1-2-30(40)38-16-6-7-23-19-24(10-13-28(23)38)29(39)8-4-3-5-9-31(41)36-17-14-33(43,15-18-36)21-37-22-35-27-20-25(34)11-12-26(27)32(37)42/h2,10-13,19-20,22,43H,1,3-9,14-18,21H2. The van der Waals surface area contributed by atoms with Gasteiger partial charge in [0.15, 0.2) is 5.78 Å². The van der Waals surface area contributed by atoms with Crippen molar-refractivity contribution in [2.45, 2.75) is 69.9 Å². The summed E-state index contributed by atoms with van der Waals surface area (Å²) in [6.07, 6.45) is 8.16. The van der Waals surface area contributed by atoms with E-state index in [9.17, 15) is 24.3 Å². The highest BCUT2D eigenvalue weighted by Crippen LogP contribution is 2.29. The van der Waals surface area contributed by atoms with Crippen molar-refractivity contribution in [2.24, 2.45) is 0 Å². The van der Waals surface area contributed by atoms with Gasteiger partial charge in [-0.25, -0.2) is 4.98 Å². The lowest BCUT2D eigenvalue weighted by Gasteiger charge is -2.38. The second kappa shape index (κ2) is 13.2. The third-order valence-electron chi connectivity index (χ3n) is 8.55. The van der Waals surface area contributed by atoms with Crippen molar-refractivity contribution in [1.82, 2.24) is 14.5 Å². The number of fused-ring (bicyclic) bond motifs is 2. The topological polar surface area (TPSA) is 113 Å². The first-order valence-corrected chi connectivity index (χ1v) is 15.3. The number of likely N-dealkylation sites (tertiary alicyclic amines) is 1. The molecule has 3 aromatic rings. The second-order valence-electron chi connectivity index (χ2n) is 11.6. The van der Waals surface area contributed by atoms with Crippen molar-refractivity contribution < 1.29 is 19.5 Å². The van der Waals surface area contributed by atoms with E-state index in [0.717, 1.165) is 30.5 Å². The van der Waals surface area contributed by atoms with Crippen LogP contribution >= 0.6 is 11.6 Å². The monoisotopic (exact) mass is 604 g/mol. The summed E-state index contributed by atoms with van der Waals surface area (Å²) in [5.41, 5.74) is 1.71. The number of amides is 2. The molecule has 0 saturated carbocycles. The van der Waals surface area contributed by atoms with Gasteiger partial charge >= 0.3 is 0 Å². The lowest BCUT2D eigenvalue weighted by atomic mass is 9.91. The van der Waals surface area contributed by atoms with Crippen molar-refractivity contribution in [3.8, 4) is 0 Å². The summed E-state index contributed by atoms with van der Waals surface area (Å²) in [5.74, 6) is -0.0131. The molecule has 3 heterocycles. The number of aromatic nitrogens is 2. The van der Waals surface area contributed by atoms with Crippen LogP contribution in [-0.4, -0.2) is 62.4 Å². The molecule has 9 nitrogen and oxygen atoms in total. The summed E-state index contributed by atoms with van der Waals surface area (Å²) in [7, 11) is 0. The van der Waals surface area contributed by atoms with Crippen LogP contribution in [0, 0.1) is 0 Å². The van der Waals surface area contributed by atoms with Crippen LogP contribution in [0.2, 0.25) is 5.02 Å². The largest absolute Gasteiger partial charge is 0.388 e. The van der Waals surface area contributed by atoms with Crippen molar-refractivity contribution in [3.63, 3.8) is 0 Å². The van der Waals surface area contributed by atoms with Gasteiger partial charge in [0.2, 0.25) is 11.8 Å². The van der Waals surface area contributed by atoms with Gasteiger partial charge < -0.3 is 14.9 Å². The van der Waals surface area contributed by atoms with Crippen molar-refractivity contribution in [2.75, 3.05) is 24.5 Å². The normalized spacial score (nSPS) is 16.1. The minimum absolute atomic E-state index is 0.0445. The third-order valence-corrected chi connectivity index (χ3v) is 8.79. The van der Waals surface area contributed by atoms with E-state index in [1.54, 1.807) is 34.1 Å². The molecule has 10 heteroatoms. The van der Waals surface area contributed by atoms with Crippen LogP contribution in [0.4, 0.5) is 5.69 Å². The number of aliphatic hydroxyl groups is 1. The number of hydrogen-bond acceptors (Lipinski definition) is 6.